The molecule has 7 rings (SSSR count). The van der Waals surface area contributed by atoms with Crippen LogP contribution in [0.25, 0.3) is 22.0 Å². The van der Waals surface area contributed by atoms with Crippen molar-refractivity contribution in [3.63, 3.8) is 0 Å². The highest BCUT2D eigenvalue weighted by Gasteiger charge is 2.41. The summed E-state index contributed by atoms with van der Waals surface area (Å²) < 4.78 is 22.6. The second kappa shape index (κ2) is 13.3. The van der Waals surface area contributed by atoms with Gasteiger partial charge >= 0.3 is 6.09 Å². The van der Waals surface area contributed by atoms with E-state index in [-0.39, 0.29) is 12.5 Å². The van der Waals surface area contributed by atoms with Crippen molar-refractivity contribution in [2.24, 2.45) is 5.92 Å². The first-order chi connectivity index (χ1) is 23.9. The molecule has 0 bridgehead atoms. The highest BCUT2D eigenvalue weighted by atomic mass is 19.1. The van der Waals surface area contributed by atoms with E-state index >= 15 is 4.39 Å². The number of aromatic nitrogens is 2. The molecule has 246 valence electrons. The second-order valence-electron chi connectivity index (χ2n) is 12.2. The van der Waals surface area contributed by atoms with Gasteiger partial charge in [0.1, 0.15) is 17.1 Å². The summed E-state index contributed by atoms with van der Waals surface area (Å²) in [6.45, 7) is 0.488. The summed E-state index contributed by atoms with van der Waals surface area (Å²) in [6.07, 6.45) is 0.0876. The second-order valence-corrected chi connectivity index (χ2v) is 12.2. The minimum absolute atomic E-state index is 0.0993. The van der Waals surface area contributed by atoms with Gasteiger partial charge in [0.15, 0.2) is 5.82 Å². The molecule has 1 saturated heterocycles. The van der Waals surface area contributed by atoms with Crippen molar-refractivity contribution < 1.29 is 23.8 Å². The lowest BCUT2D eigenvalue weighted by Gasteiger charge is -2.37. The van der Waals surface area contributed by atoms with Gasteiger partial charge in [-0.1, -0.05) is 97.1 Å². The number of carbonyl (C=O) groups is 2. The molecule has 5 aromatic carbocycles. The zero-order valence-corrected chi connectivity index (χ0v) is 26.9. The number of anilines is 1. The Morgan fingerprint density at radius 3 is 2.04 bits per heavy atom. The predicted octanol–water partition coefficient (Wildman–Crippen LogP) is 8.02. The molecule has 8 nitrogen and oxygen atoms in total. The third-order valence-corrected chi connectivity index (χ3v) is 9.36. The summed E-state index contributed by atoms with van der Waals surface area (Å²) in [5, 5.41) is 18.5. The summed E-state index contributed by atoms with van der Waals surface area (Å²) in [4.78, 5) is 26.9. The van der Waals surface area contributed by atoms with Crippen LogP contribution < -0.4 is 10.1 Å². The zero-order valence-electron chi connectivity index (χ0n) is 26.9. The molecule has 49 heavy (non-hydrogen) atoms. The van der Waals surface area contributed by atoms with E-state index in [0.717, 1.165) is 16.7 Å². The Labute approximate surface area is 283 Å². The number of amides is 2. The van der Waals surface area contributed by atoms with Crippen LogP contribution in [0.2, 0.25) is 0 Å². The van der Waals surface area contributed by atoms with Crippen LogP contribution in [0, 0.1) is 11.7 Å². The molecule has 1 aliphatic rings. The maximum atomic E-state index is 15.3. The lowest BCUT2D eigenvalue weighted by molar-refractivity contribution is -0.121. The van der Waals surface area contributed by atoms with E-state index in [1.165, 1.54) is 18.1 Å². The normalized spacial score (nSPS) is 14.8. The molecule has 0 saturated carbocycles. The molecule has 2 amide bonds. The molecule has 9 heteroatoms. The number of likely N-dealkylation sites (tertiary alicyclic amines) is 1. The maximum absolute atomic E-state index is 15.3. The summed E-state index contributed by atoms with van der Waals surface area (Å²) in [5.74, 6) is -0.477. The average molecular weight is 655 g/mol. The van der Waals surface area contributed by atoms with Gasteiger partial charge in [0.25, 0.3) is 0 Å². The molecule has 2 heterocycles. The van der Waals surface area contributed by atoms with E-state index in [4.69, 9.17) is 9.84 Å². The van der Waals surface area contributed by atoms with Crippen molar-refractivity contribution in [1.29, 1.82) is 0 Å². The van der Waals surface area contributed by atoms with Crippen molar-refractivity contribution in [2.45, 2.75) is 18.4 Å². The number of carbonyl (C=O) groups excluding carboxylic acids is 1. The number of carboxylic acid groups (broad SMARTS) is 1. The number of fused-ring (bicyclic) bond motifs is 1. The summed E-state index contributed by atoms with van der Waals surface area (Å²) >= 11 is 0. The Bertz CT molecular complexity index is 2020. The van der Waals surface area contributed by atoms with Crippen LogP contribution >= 0.6 is 0 Å². The Hall–Kier alpha value is -5.96. The Kier molecular flexibility index (Phi) is 8.57. The molecule has 2 N–H and O–H groups in total. The van der Waals surface area contributed by atoms with Crippen molar-refractivity contribution in [3.8, 4) is 16.9 Å². The topological polar surface area (TPSA) is 96.7 Å². The fourth-order valence-electron chi connectivity index (χ4n) is 6.97. The largest absolute Gasteiger partial charge is 0.497 e. The van der Waals surface area contributed by atoms with Gasteiger partial charge in [0, 0.05) is 24.0 Å². The average Bonchev–Trinajstić information content (AvgIpc) is 3.50. The highest BCUT2D eigenvalue weighted by Crippen LogP contribution is 2.44. The number of nitrogens with one attached hydrogen (secondary N) is 1. The summed E-state index contributed by atoms with van der Waals surface area (Å²) in [6, 6.07) is 40.4. The third-order valence-electron chi connectivity index (χ3n) is 9.36. The van der Waals surface area contributed by atoms with Crippen LogP contribution in [0.15, 0.2) is 127 Å². The van der Waals surface area contributed by atoms with Crippen LogP contribution in [0.5, 0.6) is 5.75 Å². The van der Waals surface area contributed by atoms with Crippen LogP contribution in [0.4, 0.5) is 15.0 Å². The van der Waals surface area contributed by atoms with E-state index in [1.54, 1.807) is 12.1 Å². The Morgan fingerprint density at radius 1 is 0.857 bits per heavy atom. The molecule has 0 aliphatic carbocycles. The van der Waals surface area contributed by atoms with E-state index in [2.05, 4.69) is 41.7 Å². The van der Waals surface area contributed by atoms with Crippen LogP contribution in [-0.4, -0.2) is 52.0 Å². The summed E-state index contributed by atoms with van der Waals surface area (Å²) in [5.41, 5.74) is 3.48. The minimum atomic E-state index is -1.05. The minimum Gasteiger partial charge on any atom is -0.497 e. The number of benzene rings is 5. The molecule has 0 spiro atoms. The van der Waals surface area contributed by atoms with Gasteiger partial charge in [-0.2, -0.15) is 5.10 Å². The highest BCUT2D eigenvalue weighted by molar-refractivity contribution is 6.02. The Morgan fingerprint density at radius 2 is 1.47 bits per heavy atom. The van der Waals surface area contributed by atoms with Gasteiger partial charge in [0.05, 0.1) is 18.5 Å². The zero-order chi connectivity index (χ0) is 34.0. The molecule has 0 unspecified atom stereocenters. The molecule has 1 aliphatic heterocycles. The van der Waals surface area contributed by atoms with E-state index in [1.807, 2.05) is 77.5 Å². The molecule has 6 aromatic rings. The lowest BCUT2D eigenvalue weighted by atomic mass is 9.77. The van der Waals surface area contributed by atoms with Crippen molar-refractivity contribution in [1.82, 2.24) is 14.7 Å². The fourth-order valence-corrected chi connectivity index (χ4v) is 6.97. The van der Waals surface area contributed by atoms with Crippen LogP contribution in [-0.2, 0) is 10.3 Å². The lowest BCUT2D eigenvalue weighted by Crippen LogP contribution is -2.43. The van der Waals surface area contributed by atoms with Gasteiger partial charge in [0.2, 0.25) is 5.91 Å². The van der Waals surface area contributed by atoms with E-state index in [0.29, 0.717) is 53.0 Å². The van der Waals surface area contributed by atoms with Crippen molar-refractivity contribution in [2.75, 3.05) is 25.5 Å². The van der Waals surface area contributed by atoms with Gasteiger partial charge in [-0.25, -0.2) is 13.9 Å². The van der Waals surface area contributed by atoms with Crippen molar-refractivity contribution in [3.05, 3.63) is 150 Å². The molecule has 0 radical (unpaired) electrons. The first-order valence-electron chi connectivity index (χ1n) is 16.2. The molecule has 1 aromatic heterocycles. The quantitative estimate of drug-likeness (QED) is 0.162. The van der Waals surface area contributed by atoms with Gasteiger partial charge < -0.3 is 20.1 Å². The van der Waals surface area contributed by atoms with Crippen LogP contribution in [0.1, 0.15) is 29.5 Å². The Balaban J connectivity index is 1.49. The SMILES string of the molecule is COc1ccc(F)c(-c2ccc3c(c2)c(NC(=O)[C@@H]2CCCN(C(=O)O)C2)nn3C(c2ccccc2)(c2ccccc2)c2ccccc2)c1. The molecular formula is C40H35FN4O4. The first kappa shape index (κ1) is 31.6. The number of methoxy groups -OCH3 is 1. The van der Waals surface area contributed by atoms with E-state index < -0.39 is 23.4 Å². The number of hydrogen-bond acceptors (Lipinski definition) is 4. The maximum Gasteiger partial charge on any atom is 0.407 e. The molecule has 1 atom stereocenters. The standard InChI is InChI=1S/C40H35FN4O4/c1-49-32-20-21-35(41)33(25-32)27-19-22-36-34(24-27)37(42-38(46)28-12-11-23-44(26-28)39(47)48)43-45(36)40(29-13-5-2-6-14-29,30-15-7-3-8-16-30)31-17-9-4-10-18-31/h2-10,13-22,24-25,28H,11-12,23,26H2,1H3,(H,47,48)(H,42,43,46)/t28-/m1/s1. The monoisotopic (exact) mass is 654 g/mol. The third kappa shape index (κ3) is 5.77. The number of nitrogens with zero attached hydrogens (tertiary/aromatic N) is 3. The molecule has 1 fully saturated rings. The number of rotatable bonds is 8. The molecular weight excluding hydrogens is 619 g/mol. The van der Waals surface area contributed by atoms with Gasteiger partial charge in [-0.15, -0.1) is 0 Å². The first-order valence-corrected chi connectivity index (χ1v) is 16.2. The van der Waals surface area contributed by atoms with Gasteiger partial charge in [-0.3, -0.25) is 4.79 Å². The smallest absolute Gasteiger partial charge is 0.407 e. The van der Waals surface area contributed by atoms with E-state index in [9.17, 15) is 14.7 Å². The van der Waals surface area contributed by atoms with Crippen molar-refractivity contribution >= 4 is 28.7 Å². The number of ether oxygens (including phenoxy) is 1. The summed E-state index contributed by atoms with van der Waals surface area (Å²) in [7, 11) is 1.53. The predicted molar refractivity (Wildman–Crippen MR) is 187 cm³/mol. The number of piperidine rings is 1. The number of hydrogen-bond donors (Lipinski definition) is 2. The number of halogens is 1. The van der Waals surface area contributed by atoms with Crippen LogP contribution in [0.3, 0.4) is 0 Å². The van der Waals surface area contributed by atoms with Gasteiger partial charge in [-0.05, 0) is 65.4 Å². The fraction of sp³-hybridized carbons (Fsp3) is 0.175.